The molecule has 2 fully saturated rings. The number of carbonyl (C=O) groups excluding carboxylic acids is 1. The number of likely N-dealkylation sites (tertiary alicyclic amines) is 1. The largest absolute Gasteiger partial charge is 0.350 e. The number of H-pyrrole nitrogens is 1. The molecule has 2 aromatic rings. The van der Waals surface area contributed by atoms with Crippen molar-refractivity contribution in [1.29, 1.82) is 0 Å². The smallest absolute Gasteiger partial charge is 0.262 e. The Bertz CT molecular complexity index is 802. The van der Waals surface area contributed by atoms with Crippen molar-refractivity contribution in [2.24, 2.45) is 0 Å². The van der Waals surface area contributed by atoms with Crippen LogP contribution in [0.25, 0.3) is 11.0 Å². The van der Waals surface area contributed by atoms with Gasteiger partial charge < -0.3 is 9.88 Å². The van der Waals surface area contributed by atoms with Crippen LogP contribution in [-0.2, 0) is 0 Å². The molecule has 2 aromatic heterocycles. The Hall–Kier alpha value is -2.12. The van der Waals surface area contributed by atoms with E-state index in [-0.39, 0.29) is 17.3 Å². The van der Waals surface area contributed by atoms with Crippen molar-refractivity contribution in [2.75, 3.05) is 13.1 Å². The second-order valence-corrected chi connectivity index (χ2v) is 6.69. The van der Waals surface area contributed by atoms with E-state index < -0.39 is 0 Å². The standard InChI is InChI=1S/C15H20BN5O2/c16-15(23)20-7-9(8-20)12-18-13-11(14(22)19-12)6-17-21(13)10-4-2-1-3-5-10/h6,9-10H,1-5,7-8,16H2,(H,18,19,22). The van der Waals surface area contributed by atoms with Crippen LogP contribution in [0.3, 0.4) is 0 Å². The van der Waals surface area contributed by atoms with Crippen molar-refractivity contribution >= 4 is 24.7 Å². The van der Waals surface area contributed by atoms with Gasteiger partial charge in [0.25, 0.3) is 5.56 Å². The Morgan fingerprint density at radius 1 is 1.26 bits per heavy atom. The molecule has 8 heteroatoms. The van der Waals surface area contributed by atoms with Crippen molar-refractivity contribution in [3.63, 3.8) is 0 Å². The number of nitrogens with one attached hydrogen (secondary N) is 1. The van der Waals surface area contributed by atoms with Crippen molar-refractivity contribution in [3.05, 3.63) is 22.4 Å². The number of rotatable bonds is 2. The van der Waals surface area contributed by atoms with Crippen LogP contribution in [0.2, 0.25) is 0 Å². The fraction of sp³-hybridized carbons (Fsp3) is 0.600. The van der Waals surface area contributed by atoms with Crippen LogP contribution in [0.1, 0.15) is 49.9 Å². The van der Waals surface area contributed by atoms with E-state index in [0.717, 1.165) is 12.8 Å². The SMILES string of the molecule is BC(=O)N1CC(c2nc3c(cnn3C3CCCCC3)c(=O)[nH]2)C1. The average molecular weight is 313 g/mol. The molecule has 23 heavy (non-hydrogen) atoms. The fourth-order valence-electron chi connectivity index (χ4n) is 3.65. The molecule has 1 saturated heterocycles. The first-order valence-electron chi connectivity index (χ1n) is 8.36. The molecule has 1 amide bonds. The Kier molecular flexibility index (Phi) is 3.47. The Labute approximate surface area is 134 Å². The third-order valence-corrected chi connectivity index (χ3v) is 5.12. The molecule has 1 aliphatic carbocycles. The van der Waals surface area contributed by atoms with E-state index in [1.807, 2.05) is 4.68 Å². The maximum atomic E-state index is 12.3. The van der Waals surface area contributed by atoms with Crippen LogP contribution in [-0.4, -0.2) is 51.4 Å². The fourth-order valence-corrected chi connectivity index (χ4v) is 3.65. The van der Waals surface area contributed by atoms with Gasteiger partial charge in [-0.15, -0.1) is 0 Å². The van der Waals surface area contributed by atoms with Crippen molar-refractivity contribution in [2.45, 2.75) is 44.1 Å². The van der Waals surface area contributed by atoms with E-state index in [0.29, 0.717) is 36.0 Å². The third-order valence-electron chi connectivity index (χ3n) is 5.12. The van der Waals surface area contributed by atoms with Gasteiger partial charge in [0.2, 0.25) is 7.85 Å². The highest BCUT2D eigenvalue weighted by Crippen LogP contribution is 2.30. The minimum atomic E-state index is -0.131. The van der Waals surface area contributed by atoms with Gasteiger partial charge in [-0.05, 0) is 12.8 Å². The molecule has 1 aliphatic heterocycles. The summed E-state index contributed by atoms with van der Waals surface area (Å²) < 4.78 is 1.94. The summed E-state index contributed by atoms with van der Waals surface area (Å²) in [4.78, 5) is 33.0. The predicted octanol–water partition coefficient (Wildman–Crippen LogP) is 0.777. The summed E-state index contributed by atoms with van der Waals surface area (Å²) in [5.41, 5.74) is 0.560. The summed E-state index contributed by atoms with van der Waals surface area (Å²) in [6.45, 7) is 1.25. The minimum Gasteiger partial charge on any atom is -0.350 e. The average Bonchev–Trinajstić information content (AvgIpc) is 2.90. The molecule has 0 spiro atoms. The maximum absolute atomic E-state index is 12.3. The third kappa shape index (κ3) is 2.46. The maximum Gasteiger partial charge on any atom is 0.262 e. The summed E-state index contributed by atoms with van der Waals surface area (Å²) in [6, 6.07) is 0.346. The molecule has 1 N–H and O–H groups in total. The summed E-state index contributed by atoms with van der Waals surface area (Å²) in [5.74, 6) is 0.861. The lowest BCUT2D eigenvalue weighted by Gasteiger charge is -2.38. The topological polar surface area (TPSA) is 83.9 Å². The van der Waals surface area contributed by atoms with Gasteiger partial charge in [-0.25, -0.2) is 9.67 Å². The molecule has 120 valence electrons. The van der Waals surface area contributed by atoms with Gasteiger partial charge >= 0.3 is 0 Å². The van der Waals surface area contributed by atoms with Gasteiger partial charge in [-0.2, -0.15) is 5.10 Å². The minimum absolute atomic E-state index is 0.0666. The van der Waals surface area contributed by atoms with Crippen LogP contribution in [0.4, 0.5) is 4.79 Å². The second kappa shape index (κ2) is 5.51. The number of amides is 1. The first-order valence-corrected chi connectivity index (χ1v) is 8.36. The molecule has 7 nitrogen and oxygen atoms in total. The van der Waals surface area contributed by atoms with Gasteiger partial charge in [-0.1, -0.05) is 19.3 Å². The Morgan fingerprint density at radius 3 is 2.70 bits per heavy atom. The van der Waals surface area contributed by atoms with Gasteiger partial charge in [0.1, 0.15) is 11.2 Å². The highest BCUT2D eigenvalue weighted by molar-refractivity contribution is 6.57. The molecule has 1 saturated carbocycles. The summed E-state index contributed by atoms with van der Waals surface area (Å²) >= 11 is 0. The molecule has 0 atom stereocenters. The lowest BCUT2D eigenvalue weighted by atomic mass is 9.95. The zero-order chi connectivity index (χ0) is 16.0. The van der Waals surface area contributed by atoms with E-state index in [1.54, 1.807) is 18.9 Å². The highest BCUT2D eigenvalue weighted by Gasteiger charge is 2.32. The molecule has 0 radical (unpaired) electrons. The predicted molar refractivity (Wildman–Crippen MR) is 88.5 cm³/mol. The number of carbonyl (C=O) groups is 1. The molecular weight excluding hydrogens is 293 g/mol. The lowest BCUT2D eigenvalue weighted by molar-refractivity contribution is 0.170. The molecule has 0 unspecified atom stereocenters. The number of hydrogen-bond donors (Lipinski definition) is 1. The van der Waals surface area contributed by atoms with E-state index in [4.69, 9.17) is 4.98 Å². The molecule has 4 rings (SSSR count). The van der Waals surface area contributed by atoms with Crippen LogP contribution >= 0.6 is 0 Å². The zero-order valence-corrected chi connectivity index (χ0v) is 13.3. The Morgan fingerprint density at radius 2 is 2.00 bits per heavy atom. The zero-order valence-electron chi connectivity index (χ0n) is 13.3. The molecule has 3 heterocycles. The number of nitrogens with zero attached hydrogens (tertiary/aromatic N) is 4. The van der Waals surface area contributed by atoms with Crippen LogP contribution < -0.4 is 5.56 Å². The molecule has 2 aliphatic rings. The van der Waals surface area contributed by atoms with E-state index >= 15 is 0 Å². The molecule has 0 bridgehead atoms. The van der Waals surface area contributed by atoms with Gasteiger partial charge in [0.15, 0.2) is 11.5 Å². The van der Waals surface area contributed by atoms with E-state index in [9.17, 15) is 9.59 Å². The first kappa shape index (κ1) is 14.5. The number of aromatic nitrogens is 4. The quantitative estimate of drug-likeness (QED) is 0.830. The molecular formula is C15H20BN5O2. The van der Waals surface area contributed by atoms with Gasteiger partial charge in [0.05, 0.1) is 18.2 Å². The summed E-state index contributed by atoms with van der Waals surface area (Å²) in [5, 5.41) is 4.99. The van der Waals surface area contributed by atoms with Crippen molar-refractivity contribution in [1.82, 2.24) is 24.6 Å². The highest BCUT2D eigenvalue weighted by atomic mass is 16.2. The van der Waals surface area contributed by atoms with Crippen molar-refractivity contribution in [3.8, 4) is 0 Å². The van der Waals surface area contributed by atoms with Gasteiger partial charge in [0, 0.05) is 13.1 Å². The van der Waals surface area contributed by atoms with E-state index in [1.165, 1.54) is 19.3 Å². The summed E-state index contributed by atoms with van der Waals surface area (Å²) in [7, 11) is 1.56. The van der Waals surface area contributed by atoms with Crippen LogP contribution in [0, 0.1) is 0 Å². The van der Waals surface area contributed by atoms with Crippen molar-refractivity contribution < 1.29 is 4.79 Å². The van der Waals surface area contributed by atoms with E-state index in [2.05, 4.69) is 10.1 Å². The lowest BCUT2D eigenvalue weighted by Crippen LogP contribution is -2.49. The van der Waals surface area contributed by atoms with Crippen LogP contribution in [0.5, 0.6) is 0 Å². The molecule has 0 aromatic carbocycles. The number of hydrogen-bond acceptors (Lipinski definition) is 4. The van der Waals surface area contributed by atoms with Crippen LogP contribution in [0.15, 0.2) is 11.0 Å². The first-order chi connectivity index (χ1) is 11.1. The summed E-state index contributed by atoms with van der Waals surface area (Å²) in [6.07, 6.45) is 7.51. The number of fused-ring (bicyclic) bond motifs is 1. The normalized spacial score (nSPS) is 19.9. The number of aromatic amines is 1. The van der Waals surface area contributed by atoms with Gasteiger partial charge in [-0.3, -0.25) is 9.59 Å². The monoisotopic (exact) mass is 313 g/mol. The Balaban J connectivity index is 1.68. The second-order valence-electron chi connectivity index (χ2n) is 6.69.